The number of benzene rings is 2. The van der Waals surface area contributed by atoms with Crippen LogP contribution in [0.15, 0.2) is 41.4 Å². The van der Waals surface area contributed by atoms with E-state index < -0.39 is 12.0 Å². The van der Waals surface area contributed by atoms with E-state index in [9.17, 15) is 9.90 Å². The molecular weight excluding hydrogens is 262 g/mol. The SMILES string of the molecule is O=C(O)C1CSC(c2ccc3cc(O)ccc3c2)=N1. The van der Waals surface area contributed by atoms with Crippen molar-refractivity contribution in [1.82, 2.24) is 0 Å². The van der Waals surface area contributed by atoms with Gasteiger partial charge in [-0.3, -0.25) is 4.99 Å². The predicted octanol–water partition coefficient (Wildman–Crippen LogP) is 2.49. The Morgan fingerprint density at radius 3 is 2.68 bits per heavy atom. The van der Waals surface area contributed by atoms with Crippen molar-refractivity contribution in [2.45, 2.75) is 6.04 Å². The first-order valence-electron chi connectivity index (χ1n) is 5.80. The molecule has 1 aliphatic heterocycles. The van der Waals surface area contributed by atoms with Gasteiger partial charge in [0.05, 0.1) is 5.04 Å². The second-order valence-electron chi connectivity index (χ2n) is 4.35. The van der Waals surface area contributed by atoms with Crippen molar-refractivity contribution in [1.29, 1.82) is 0 Å². The molecule has 1 heterocycles. The molecule has 2 aromatic carbocycles. The maximum atomic E-state index is 10.9. The van der Waals surface area contributed by atoms with Crippen molar-refractivity contribution < 1.29 is 15.0 Å². The van der Waals surface area contributed by atoms with Crippen LogP contribution >= 0.6 is 11.8 Å². The predicted molar refractivity (Wildman–Crippen MR) is 76.0 cm³/mol. The van der Waals surface area contributed by atoms with E-state index in [1.165, 1.54) is 11.8 Å². The molecule has 0 aromatic heterocycles. The third-order valence-corrected chi connectivity index (χ3v) is 4.10. The lowest BCUT2D eigenvalue weighted by molar-refractivity contribution is -0.137. The summed E-state index contributed by atoms with van der Waals surface area (Å²) in [6.07, 6.45) is 0. The fourth-order valence-corrected chi connectivity index (χ4v) is 3.05. The van der Waals surface area contributed by atoms with Gasteiger partial charge in [-0.25, -0.2) is 4.79 Å². The first kappa shape index (κ1) is 12.0. The molecule has 1 aliphatic rings. The molecule has 19 heavy (non-hydrogen) atoms. The van der Waals surface area contributed by atoms with Crippen LogP contribution in [0.5, 0.6) is 5.75 Å². The van der Waals surface area contributed by atoms with E-state index in [-0.39, 0.29) is 5.75 Å². The summed E-state index contributed by atoms with van der Waals surface area (Å²) in [4.78, 5) is 15.1. The quantitative estimate of drug-likeness (QED) is 0.882. The number of thioether (sulfide) groups is 1. The molecule has 2 aromatic rings. The number of phenolic OH excluding ortho intramolecular Hbond substituents is 1. The minimum atomic E-state index is -0.881. The van der Waals surface area contributed by atoms with Gasteiger partial charge in [-0.1, -0.05) is 18.2 Å². The Bertz CT molecular complexity index is 696. The maximum Gasteiger partial charge on any atom is 0.329 e. The molecule has 0 spiro atoms. The number of carbonyl (C=O) groups is 1. The average Bonchev–Trinajstić information content (AvgIpc) is 2.88. The molecular formula is C14H11NO3S. The Labute approximate surface area is 113 Å². The Morgan fingerprint density at radius 1 is 1.21 bits per heavy atom. The summed E-state index contributed by atoms with van der Waals surface area (Å²) < 4.78 is 0. The summed E-state index contributed by atoms with van der Waals surface area (Å²) in [6, 6.07) is 10.3. The zero-order valence-corrected chi connectivity index (χ0v) is 10.7. The molecule has 0 saturated heterocycles. The molecule has 0 amide bonds. The molecule has 0 fully saturated rings. The number of hydrogen-bond donors (Lipinski definition) is 2. The number of aliphatic imine (C=N–C) groups is 1. The van der Waals surface area contributed by atoms with Gasteiger partial charge in [-0.2, -0.15) is 0 Å². The number of aliphatic carboxylic acids is 1. The molecule has 0 bridgehead atoms. The highest BCUT2D eigenvalue weighted by Gasteiger charge is 2.25. The lowest BCUT2D eigenvalue weighted by atomic mass is 10.1. The van der Waals surface area contributed by atoms with Gasteiger partial charge in [0, 0.05) is 11.3 Å². The Balaban J connectivity index is 2.00. The summed E-state index contributed by atoms with van der Waals surface area (Å²) in [5.74, 6) is -0.162. The lowest BCUT2D eigenvalue weighted by Crippen LogP contribution is -2.17. The highest BCUT2D eigenvalue weighted by molar-refractivity contribution is 8.14. The van der Waals surface area contributed by atoms with Gasteiger partial charge in [0.1, 0.15) is 5.75 Å². The Morgan fingerprint density at radius 2 is 1.95 bits per heavy atom. The molecule has 5 heteroatoms. The van der Waals surface area contributed by atoms with Crippen LogP contribution in [-0.4, -0.2) is 33.0 Å². The minimum Gasteiger partial charge on any atom is -0.508 e. The molecule has 1 atom stereocenters. The number of aromatic hydroxyl groups is 1. The van der Waals surface area contributed by atoms with Gasteiger partial charge >= 0.3 is 5.97 Å². The van der Waals surface area contributed by atoms with Gasteiger partial charge in [0.2, 0.25) is 0 Å². The van der Waals surface area contributed by atoms with Crippen LogP contribution in [0.25, 0.3) is 10.8 Å². The largest absolute Gasteiger partial charge is 0.508 e. The fourth-order valence-electron chi connectivity index (χ4n) is 2.02. The molecule has 4 nitrogen and oxygen atoms in total. The molecule has 0 saturated carbocycles. The number of hydrogen-bond acceptors (Lipinski definition) is 4. The first-order valence-corrected chi connectivity index (χ1v) is 6.78. The van der Waals surface area contributed by atoms with E-state index in [1.54, 1.807) is 12.1 Å². The van der Waals surface area contributed by atoms with Crippen molar-refractivity contribution in [3.8, 4) is 5.75 Å². The fraction of sp³-hybridized carbons (Fsp3) is 0.143. The number of nitrogens with zero attached hydrogens (tertiary/aromatic N) is 1. The molecule has 0 aliphatic carbocycles. The zero-order valence-electron chi connectivity index (χ0n) is 9.91. The normalized spacial score (nSPS) is 18.5. The van der Waals surface area contributed by atoms with Gasteiger partial charge < -0.3 is 10.2 Å². The van der Waals surface area contributed by atoms with E-state index in [2.05, 4.69) is 4.99 Å². The van der Waals surface area contributed by atoms with Crippen molar-refractivity contribution in [2.75, 3.05) is 5.75 Å². The summed E-state index contributed by atoms with van der Waals surface area (Å²) >= 11 is 1.46. The van der Waals surface area contributed by atoms with E-state index >= 15 is 0 Å². The van der Waals surface area contributed by atoms with E-state index in [1.807, 2.05) is 24.3 Å². The smallest absolute Gasteiger partial charge is 0.329 e. The Hall–Kier alpha value is -2.01. The standard InChI is InChI=1S/C14H11NO3S/c16-11-4-3-8-5-10(2-1-9(8)6-11)13-15-12(7-19-13)14(17)18/h1-6,12,16H,7H2,(H,17,18). The van der Waals surface area contributed by atoms with E-state index in [0.29, 0.717) is 5.75 Å². The number of fused-ring (bicyclic) bond motifs is 1. The van der Waals surface area contributed by atoms with Crippen LogP contribution in [0.3, 0.4) is 0 Å². The van der Waals surface area contributed by atoms with Crippen molar-refractivity contribution in [3.05, 3.63) is 42.0 Å². The summed E-state index contributed by atoms with van der Waals surface area (Å²) in [6.45, 7) is 0. The zero-order chi connectivity index (χ0) is 13.4. The minimum absolute atomic E-state index is 0.235. The third kappa shape index (κ3) is 2.29. The number of phenols is 1. The summed E-state index contributed by atoms with van der Waals surface area (Å²) in [7, 11) is 0. The van der Waals surface area contributed by atoms with Crippen molar-refractivity contribution in [2.24, 2.45) is 4.99 Å². The number of carboxylic acids is 1. The van der Waals surface area contributed by atoms with Gasteiger partial charge in [0.25, 0.3) is 0 Å². The second kappa shape index (κ2) is 4.59. The molecule has 2 N–H and O–H groups in total. The second-order valence-corrected chi connectivity index (χ2v) is 5.35. The van der Waals surface area contributed by atoms with Crippen LogP contribution in [0.1, 0.15) is 5.56 Å². The Kier molecular flexibility index (Phi) is 2.91. The van der Waals surface area contributed by atoms with Crippen molar-refractivity contribution >= 4 is 33.5 Å². The summed E-state index contributed by atoms with van der Waals surface area (Å²) in [5, 5.41) is 21.1. The van der Waals surface area contributed by atoms with Gasteiger partial charge in [0.15, 0.2) is 6.04 Å². The van der Waals surface area contributed by atoms with Crippen LogP contribution < -0.4 is 0 Å². The third-order valence-electron chi connectivity index (χ3n) is 3.01. The highest BCUT2D eigenvalue weighted by Crippen LogP contribution is 2.27. The molecule has 1 unspecified atom stereocenters. The van der Waals surface area contributed by atoms with Crippen LogP contribution in [0.2, 0.25) is 0 Å². The van der Waals surface area contributed by atoms with Crippen LogP contribution in [0, 0.1) is 0 Å². The summed E-state index contributed by atoms with van der Waals surface area (Å²) in [5.41, 5.74) is 0.923. The molecule has 96 valence electrons. The van der Waals surface area contributed by atoms with Gasteiger partial charge in [-0.05, 0) is 29.0 Å². The lowest BCUT2D eigenvalue weighted by Gasteiger charge is -2.03. The highest BCUT2D eigenvalue weighted by atomic mass is 32.2. The molecule has 3 rings (SSSR count). The monoisotopic (exact) mass is 273 g/mol. The number of carboxylic acid groups (broad SMARTS) is 1. The topological polar surface area (TPSA) is 69.9 Å². The van der Waals surface area contributed by atoms with E-state index in [4.69, 9.17) is 5.11 Å². The van der Waals surface area contributed by atoms with Crippen LogP contribution in [-0.2, 0) is 4.79 Å². The van der Waals surface area contributed by atoms with Crippen LogP contribution in [0.4, 0.5) is 0 Å². The average molecular weight is 273 g/mol. The maximum absolute atomic E-state index is 10.9. The first-order chi connectivity index (χ1) is 9.13. The van der Waals surface area contributed by atoms with Crippen molar-refractivity contribution in [3.63, 3.8) is 0 Å². The molecule has 0 radical (unpaired) electrons. The van der Waals surface area contributed by atoms with Gasteiger partial charge in [-0.15, -0.1) is 11.8 Å². The number of rotatable bonds is 2. The van der Waals surface area contributed by atoms with E-state index in [0.717, 1.165) is 21.4 Å².